The number of carboxylic acids is 2. The lowest BCUT2D eigenvalue weighted by molar-refractivity contribution is 0.0515. The van der Waals surface area contributed by atoms with Crippen molar-refractivity contribution in [1.82, 2.24) is 45.4 Å². The molecule has 13 rings (SSSR count). The predicted molar refractivity (Wildman–Crippen MR) is 359 cm³/mol. The van der Waals surface area contributed by atoms with E-state index in [4.69, 9.17) is 33.5 Å². The average Bonchev–Trinajstić information content (AvgIpc) is 1.54. The fourth-order valence-corrected chi connectivity index (χ4v) is 10.5. The van der Waals surface area contributed by atoms with Crippen LogP contribution in [0.3, 0.4) is 0 Å². The largest absolute Gasteiger partial charge is 0.508 e. The molecule has 3 heterocycles. The van der Waals surface area contributed by atoms with E-state index in [0.717, 1.165) is 83.6 Å². The van der Waals surface area contributed by atoms with Gasteiger partial charge < -0.3 is 43.7 Å². The first-order valence-corrected chi connectivity index (χ1v) is 30.8. The van der Waals surface area contributed by atoms with Crippen LogP contribution in [-0.4, -0.2) is 99.5 Å². The zero-order valence-corrected chi connectivity index (χ0v) is 55.0. The molecule has 21 nitrogen and oxygen atoms in total. The van der Waals surface area contributed by atoms with Gasteiger partial charge in [0.05, 0.1) is 33.9 Å². The van der Waals surface area contributed by atoms with Gasteiger partial charge in [0.1, 0.15) is 34.5 Å². The number of nitrogens with zero attached hydrogens (tertiary/aromatic N) is 8. The van der Waals surface area contributed by atoms with Crippen molar-refractivity contribution in [3.63, 3.8) is 0 Å². The Bertz CT molecular complexity index is 4760. The summed E-state index contributed by atoms with van der Waals surface area (Å²) in [7, 11) is 3.21. The van der Waals surface area contributed by atoms with Crippen LogP contribution in [-0.2, 0) is 17.8 Å². The van der Waals surface area contributed by atoms with E-state index in [2.05, 4.69) is 99.8 Å². The summed E-state index contributed by atoms with van der Waals surface area (Å²) < 4.78 is 40.0. The fourth-order valence-electron chi connectivity index (χ4n) is 9.03. The van der Waals surface area contributed by atoms with Gasteiger partial charge >= 0.3 is 17.9 Å². The van der Waals surface area contributed by atoms with E-state index in [1.165, 1.54) is 4.68 Å². The molecule has 0 bridgehead atoms. The van der Waals surface area contributed by atoms with Crippen LogP contribution in [0.15, 0.2) is 212 Å². The van der Waals surface area contributed by atoms with Gasteiger partial charge in [-0.15, -0.1) is 10.2 Å². The number of benzene rings is 10. The number of carbonyl (C=O) groups is 3. The number of carbonyl (C=O) groups excluding carboxylic acids is 1. The Labute approximate surface area is 557 Å². The molecule has 0 aliphatic rings. The van der Waals surface area contributed by atoms with Crippen LogP contribution < -0.4 is 23.7 Å². The summed E-state index contributed by atoms with van der Waals surface area (Å²) in [6.45, 7) is 2.64. The Morgan fingerprint density at radius 2 is 0.815 bits per heavy atom. The molecule has 25 heteroatoms. The summed E-state index contributed by atoms with van der Waals surface area (Å²) in [6.07, 6.45) is 0. The minimum Gasteiger partial charge on any atom is -0.508 e. The molecule has 4 N–H and O–H groups in total. The number of carboxylic acid groups (broad SMARTS) is 2. The van der Waals surface area contributed by atoms with Gasteiger partial charge in [-0.3, -0.25) is 0 Å². The van der Waals surface area contributed by atoms with E-state index in [1.54, 1.807) is 50.1 Å². The molecule has 0 spiro atoms. The normalized spacial score (nSPS) is 10.7. The molecule has 3 aromatic heterocycles. The molecule has 0 saturated carbocycles. The van der Waals surface area contributed by atoms with Crippen LogP contribution >= 0.6 is 63.7 Å². The molecule has 0 aliphatic carbocycles. The highest BCUT2D eigenvalue weighted by Crippen LogP contribution is 2.33. The number of hydrogen-bond donors (Lipinski definition) is 4. The lowest BCUT2D eigenvalue weighted by Gasteiger charge is -2.11. The van der Waals surface area contributed by atoms with Gasteiger partial charge in [0.25, 0.3) is 17.6 Å². The van der Waals surface area contributed by atoms with Gasteiger partial charge in [0.2, 0.25) is 17.1 Å². The van der Waals surface area contributed by atoms with Crippen LogP contribution in [0.4, 0.5) is 0 Å². The van der Waals surface area contributed by atoms with Crippen molar-refractivity contribution in [2.24, 2.45) is 0 Å². The van der Waals surface area contributed by atoms with Gasteiger partial charge in [-0.2, -0.15) is 0 Å². The van der Waals surface area contributed by atoms with Crippen molar-refractivity contribution in [1.29, 1.82) is 0 Å². The number of fused-ring (bicyclic) bond motifs is 4. The Kier molecular flexibility index (Phi) is 21.2. The maximum Gasteiger partial charge on any atom is 0.364 e. The second-order valence-corrected chi connectivity index (χ2v) is 23.4. The Morgan fingerprint density at radius 1 is 0.446 bits per heavy atom. The maximum absolute atomic E-state index is 12.4. The quantitative estimate of drug-likeness (QED) is 0.0655. The number of ether oxygens (including phenoxy) is 6. The van der Waals surface area contributed by atoms with Crippen LogP contribution in [0.5, 0.6) is 52.1 Å². The minimum absolute atomic E-state index is 0.0336. The van der Waals surface area contributed by atoms with Gasteiger partial charge in [-0.25, -0.2) is 28.8 Å². The number of H-pyrrole nitrogens is 1. The minimum atomic E-state index is -1.20. The third-order valence-electron chi connectivity index (χ3n) is 13.5. The summed E-state index contributed by atoms with van der Waals surface area (Å²) in [5, 5.41) is 61.1. The second-order valence-electron chi connectivity index (χ2n) is 19.8. The second kappa shape index (κ2) is 30.1. The number of nitrogens with one attached hydrogen (secondary N) is 1. The van der Waals surface area contributed by atoms with Gasteiger partial charge in [0.15, 0.2) is 0 Å². The number of halogens is 4. The SMILES string of the molecule is CCOC(=O)c1nnn(Cc2ccc(OC)cc2)c1Oc1ccc2cc(Br)ccc2c1.COc1ccc(Cn2nnc(C(=O)O)c2Oc2ccc3cc(Br)ccc3c2)cc1.O=C(O)c1[nH]nnc1Oc1ccc2cc(Br)ccc2c1.Oc1ccc2cc(Br)ccc2c1. The third kappa shape index (κ3) is 16.6. The number of methoxy groups -OCH3 is 2. The van der Waals surface area contributed by atoms with Crippen LogP contribution in [0.1, 0.15) is 49.5 Å². The number of aromatic amines is 1. The molecule has 0 amide bonds. The zero-order valence-electron chi connectivity index (χ0n) is 48.7. The molecule has 13 aromatic rings. The van der Waals surface area contributed by atoms with E-state index in [-0.39, 0.29) is 41.3 Å². The molecule has 0 unspecified atom stereocenters. The molecule has 0 fully saturated rings. The number of rotatable bonds is 16. The van der Waals surface area contributed by atoms with Crippen molar-refractivity contribution in [3.05, 3.63) is 240 Å². The van der Waals surface area contributed by atoms with Gasteiger partial charge in [0, 0.05) is 17.9 Å². The van der Waals surface area contributed by atoms with E-state index in [9.17, 15) is 24.6 Å². The Hall–Kier alpha value is -10.2. The molecule has 0 aliphatic heterocycles. The van der Waals surface area contributed by atoms with Crippen LogP contribution in [0.2, 0.25) is 0 Å². The van der Waals surface area contributed by atoms with Crippen LogP contribution in [0, 0.1) is 0 Å². The highest BCUT2D eigenvalue weighted by atomic mass is 79.9. The maximum atomic E-state index is 12.4. The summed E-state index contributed by atoms with van der Waals surface area (Å²) in [4.78, 5) is 34.9. The molecule has 92 heavy (non-hydrogen) atoms. The van der Waals surface area contributed by atoms with Crippen molar-refractivity contribution in [3.8, 4) is 52.1 Å². The lowest BCUT2D eigenvalue weighted by atomic mass is 10.1. The third-order valence-corrected chi connectivity index (χ3v) is 15.5. The lowest BCUT2D eigenvalue weighted by Crippen LogP contribution is -2.09. The number of hydrogen-bond acceptors (Lipinski definition) is 16. The first kappa shape index (κ1) is 64.8. The van der Waals surface area contributed by atoms with Crippen molar-refractivity contribution < 1.29 is 58.1 Å². The smallest absolute Gasteiger partial charge is 0.364 e. The topological polar surface area (TPSA) is 270 Å². The van der Waals surface area contributed by atoms with E-state index >= 15 is 0 Å². The van der Waals surface area contributed by atoms with E-state index < -0.39 is 17.9 Å². The van der Waals surface area contributed by atoms with E-state index in [1.807, 2.05) is 170 Å². The zero-order chi connectivity index (χ0) is 64.8. The highest BCUT2D eigenvalue weighted by molar-refractivity contribution is 9.11. The summed E-state index contributed by atoms with van der Waals surface area (Å²) in [5.41, 5.74) is 1.47. The molecule has 464 valence electrons. The predicted octanol–water partition coefficient (Wildman–Crippen LogP) is 16.5. The summed E-state index contributed by atoms with van der Waals surface area (Å²) in [6, 6.07) is 60.6. The van der Waals surface area contributed by atoms with Gasteiger partial charge in [-0.05, 0) is 182 Å². The number of esters is 1. The summed E-state index contributed by atoms with van der Waals surface area (Å²) in [5.74, 6) is 0.653. The molecule has 0 saturated heterocycles. The molecular weight excluding hydrogens is 1440 g/mol. The Morgan fingerprint density at radius 3 is 1.23 bits per heavy atom. The van der Waals surface area contributed by atoms with Gasteiger partial charge in [-0.1, -0.05) is 157 Å². The molecule has 0 atom stereocenters. The Balaban J connectivity index is 0.000000141. The number of phenols is 1. The average molecular weight is 1490 g/mol. The fraction of sp³-hybridized carbons (Fsp3) is 0.0896. The van der Waals surface area contributed by atoms with Crippen molar-refractivity contribution in [2.45, 2.75) is 20.0 Å². The number of phenolic OH excluding ortho intramolecular Hbond substituents is 1. The summed E-state index contributed by atoms with van der Waals surface area (Å²) >= 11 is 13.7. The molecular formula is C67H51Br4N9O12. The first-order chi connectivity index (χ1) is 44.5. The molecule has 0 radical (unpaired) electrons. The standard InChI is InChI=1S/C23H20BrN3O4.C21H16BrN3O4.C13H8BrN3O3.C10H7BrO/c1-3-30-23(28)21-22(27(26-25-21)14-15-4-9-19(29-2)10-5-15)31-20-11-7-16-12-18(24)8-6-17(16)13-20;1-28-17-7-2-13(3-8-17)12-25-20(19(21(26)27)23-24-25)29-18-9-5-14-10-16(22)6-4-15(14)11-18;14-9-3-1-8-6-10(4-2-7(8)5-9)20-12-11(13(18)19)15-17-16-12;11-9-3-1-8-6-10(12)4-2-7(8)5-9/h4-13H,3,14H2,1-2H3;2-11H,12H2,1H3,(H,26,27);1-6H,(H,18,19)(H,15,16,17);1-6,12H. The molecule has 10 aromatic carbocycles. The number of aromatic nitrogens is 9. The van der Waals surface area contributed by atoms with Crippen LogP contribution in [0.25, 0.3) is 43.1 Å². The van der Waals surface area contributed by atoms with Crippen molar-refractivity contribution in [2.75, 3.05) is 20.8 Å². The number of aromatic carboxylic acids is 2. The van der Waals surface area contributed by atoms with E-state index in [0.29, 0.717) is 36.1 Å². The first-order valence-electron chi connectivity index (χ1n) is 27.7. The monoisotopic (exact) mass is 1490 g/mol. The highest BCUT2D eigenvalue weighted by Gasteiger charge is 2.25. The van der Waals surface area contributed by atoms with Crippen molar-refractivity contribution >= 4 is 125 Å². The number of aromatic hydroxyl groups is 1.